The van der Waals surface area contributed by atoms with E-state index in [4.69, 9.17) is 0 Å². The minimum absolute atomic E-state index is 0.625. The average Bonchev–Trinajstić information content (AvgIpc) is 0.722. The summed E-state index contributed by atoms with van der Waals surface area (Å²) in [6.45, 7) is 0. The average molecular weight is 188 g/mol. The van der Waals surface area contributed by atoms with Crippen LogP contribution in [0.25, 0.3) is 0 Å². The van der Waals surface area contributed by atoms with E-state index in [9.17, 15) is 0 Å². The molecule has 0 aliphatic carbocycles. The van der Waals surface area contributed by atoms with Crippen LogP contribution in [0.1, 0.15) is 0 Å². The molecule has 1 rings (SSSR count). The number of hydrogen-bond acceptors (Lipinski definition) is 2. The Kier molecular flexibility index (Phi) is 1.11. The molecule has 4 heteroatoms. The van der Waals surface area contributed by atoms with Gasteiger partial charge in [-0.3, -0.25) is 0 Å². The van der Waals surface area contributed by atoms with Crippen LogP contribution in [-0.2, 0) is 0 Å². The standard InChI is InChI=1S/H2N2Se2/c1-3-2-4-1/h1-2H. The van der Waals surface area contributed by atoms with Gasteiger partial charge in [0.2, 0.25) is 0 Å². The second-order valence-corrected chi connectivity index (χ2v) is 5.56. The SMILES string of the molecule is N1[Se]N[Se]1. The van der Waals surface area contributed by atoms with Crippen molar-refractivity contribution in [2.75, 3.05) is 0 Å². The van der Waals surface area contributed by atoms with Crippen molar-refractivity contribution in [3.05, 3.63) is 0 Å². The molecule has 0 saturated carbocycles. The van der Waals surface area contributed by atoms with E-state index in [-0.39, 0.29) is 0 Å². The predicted octanol–water partition coefficient (Wildman–Crippen LogP) is -1.75. The van der Waals surface area contributed by atoms with Crippen LogP contribution in [0, 0.1) is 0 Å². The van der Waals surface area contributed by atoms with Gasteiger partial charge in [-0.15, -0.1) is 0 Å². The molecule has 0 unspecified atom stereocenters. The molecule has 1 aliphatic heterocycles. The van der Waals surface area contributed by atoms with Crippen LogP contribution in [0.5, 0.6) is 0 Å². The van der Waals surface area contributed by atoms with Crippen LogP contribution in [0.15, 0.2) is 0 Å². The molecule has 0 aromatic rings. The van der Waals surface area contributed by atoms with Gasteiger partial charge in [0, 0.05) is 0 Å². The van der Waals surface area contributed by atoms with E-state index >= 15 is 0 Å². The summed E-state index contributed by atoms with van der Waals surface area (Å²) in [4.78, 5) is 0. The zero-order valence-corrected chi connectivity index (χ0v) is 5.24. The Bertz CT molecular complexity index is 12.0. The van der Waals surface area contributed by atoms with Crippen molar-refractivity contribution in [3.63, 3.8) is 0 Å². The minimum atomic E-state index is 0.625. The molecule has 1 saturated heterocycles. The second kappa shape index (κ2) is 1.41. The summed E-state index contributed by atoms with van der Waals surface area (Å²) in [6.07, 6.45) is 0. The Morgan fingerprint density at radius 3 is 1.25 bits per heavy atom. The van der Waals surface area contributed by atoms with Crippen molar-refractivity contribution in [2.24, 2.45) is 0 Å². The monoisotopic (exact) mass is 190 g/mol. The molecule has 1 heterocycles. The zero-order chi connectivity index (χ0) is 2.83. The third-order valence-corrected chi connectivity index (χ3v) is 4.50. The van der Waals surface area contributed by atoms with Crippen LogP contribution < -0.4 is 6.70 Å². The summed E-state index contributed by atoms with van der Waals surface area (Å²) in [6, 6.07) is 0. The van der Waals surface area contributed by atoms with Gasteiger partial charge < -0.3 is 0 Å². The van der Waals surface area contributed by atoms with E-state index in [1.165, 1.54) is 0 Å². The Balaban J connectivity index is 2.00. The molecule has 2 nitrogen and oxygen atoms in total. The third-order valence-electron chi connectivity index (χ3n) is 0.167. The first-order valence-corrected chi connectivity index (χ1v) is 4.24. The molecule has 24 valence electrons. The van der Waals surface area contributed by atoms with Crippen LogP contribution in [0.3, 0.4) is 0 Å². The van der Waals surface area contributed by atoms with Gasteiger partial charge in [0.05, 0.1) is 0 Å². The third kappa shape index (κ3) is 0.462. The number of rotatable bonds is 0. The summed E-state index contributed by atoms with van der Waals surface area (Å²) in [5, 5.41) is 0. The first kappa shape index (κ1) is 3.16. The fraction of sp³-hybridized carbons (Fsp3) is 0. The van der Waals surface area contributed by atoms with E-state index in [0.717, 1.165) is 0 Å². The first-order valence-electron chi connectivity index (χ1n) is 0.816. The van der Waals surface area contributed by atoms with E-state index in [0.29, 0.717) is 30.8 Å². The molecule has 0 amide bonds. The van der Waals surface area contributed by atoms with Gasteiger partial charge in [-0.05, 0) is 0 Å². The van der Waals surface area contributed by atoms with Crippen LogP contribution in [-0.4, -0.2) is 30.8 Å². The van der Waals surface area contributed by atoms with Gasteiger partial charge in [-0.1, -0.05) is 0 Å². The fourth-order valence-corrected chi connectivity index (χ4v) is 1.12. The van der Waals surface area contributed by atoms with Crippen LogP contribution in [0.4, 0.5) is 0 Å². The maximum absolute atomic E-state index is 3.12. The zero-order valence-electron chi connectivity index (χ0n) is 1.82. The van der Waals surface area contributed by atoms with Crippen molar-refractivity contribution in [1.29, 1.82) is 0 Å². The molecular formula is H2N2Se2. The summed E-state index contributed by atoms with van der Waals surface area (Å²) in [5.41, 5.74) is 0. The van der Waals surface area contributed by atoms with E-state index in [1.54, 1.807) is 0 Å². The van der Waals surface area contributed by atoms with Crippen molar-refractivity contribution in [2.45, 2.75) is 0 Å². The van der Waals surface area contributed by atoms with Crippen molar-refractivity contribution >= 4 is 30.8 Å². The van der Waals surface area contributed by atoms with E-state index in [1.807, 2.05) is 0 Å². The van der Waals surface area contributed by atoms with E-state index < -0.39 is 0 Å². The summed E-state index contributed by atoms with van der Waals surface area (Å²) < 4.78 is 6.25. The van der Waals surface area contributed by atoms with Gasteiger partial charge in [0.25, 0.3) is 0 Å². The molecule has 0 atom stereocenters. The molecule has 1 aliphatic rings. The normalized spacial score (nSPS) is 24.0. The molecule has 4 heavy (non-hydrogen) atoms. The molecule has 0 spiro atoms. The fourth-order valence-electron chi connectivity index (χ4n) is 0.0417. The van der Waals surface area contributed by atoms with Gasteiger partial charge in [0.1, 0.15) is 0 Å². The van der Waals surface area contributed by atoms with Gasteiger partial charge in [-0.25, -0.2) is 0 Å². The van der Waals surface area contributed by atoms with Crippen LogP contribution in [0.2, 0.25) is 0 Å². The van der Waals surface area contributed by atoms with Gasteiger partial charge in [0.15, 0.2) is 0 Å². The van der Waals surface area contributed by atoms with Crippen molar-refractivity contribution in [1.82, 2.24) is 6.70 Å². The Morgan fingerprint density at radius 1 is 1.00 bits per heavy atom. The Hall–Kier alpha value is 0.959. The first-order chi connectivity index (χ1) is 2.00. The molecule has 0 aromatic heterocycles. The molecular weight excluding hydrogens is 186 g/mol. The topological polar surface area (TPSA) is 24.1 Å². The van der Waals surface area contributed by atoms with E-state index in [2.05, 4.69) is 6.70 Å². The summed E-state index contributed by atoms with van der Waals surface area (Å²) >= 11 is 1.25. The molecule has 0 bridgehead atoms. The molecule has 0 aromatic carbocycles. The Morgan fingerprint density at radius 2 is 1.25 bits per heavy atom. The van der Waals surface area contributed by atoms with Gasteiger partial charge in [-0.2, -0.15) is 0 Å². The van der Waals surface area contributed by atoms with Gasteiger partial charge >= 0.3 is 37.5 Å². The molecule has 0 radical (unpaired) electrons. The number of hydrogen-bond donors (Lipinski definition) is 2. The van der Waals surface area contributed by atoms with Crippen molar-refractivity contribution in [3.8, 4) is 0 Å². The Labute approximate surface area is 37.9 Å². The maximum atomic E-state index is 3.12. The van der Waals surface area contributed by atoms with Crippen molar-refractivity contribution < 1.29 is 0 Å². The summed E-state index contributed by atoms with van der Waals surface area (Å²) in [5.74, 6) is 0. The second-order valence-electron chi connectivity index (χ2n) is 0.371. The molecule has 1 fully saturated rings. The summed E-state index contributed by atoms with van der Waals surface area (Å²) in [7, 11) is 0. The predicted molar refractivity (Wildman–Crippen MR) is 17.8 cm³/mol. The number of nitrogens with one attached hydrogen (secondary N) is 2. The quantitative estimate of drug-likeness (QED) is 0.440. The molecule has 2 N–H and O–H groups in total. The van der Waals surface area contributed by atoms with Crippen LogP contribution >= 0.6 is 0 Å².